The average molecular weight is 265 g/mol. The van der Waals surface area contributed by atoms with Crippen LogP contribution in [-0.4, -0.2) is 5.91 Å². The Morgan fingerprint density at radius 1 is 0.850 bits per heavy atom. The molecule has 0 radical (unpaired) electrons. The van der Waals surface area contributed by atoms with E-state index in [4.69, 9.17) is 0 Å². The fourth-order valence-corrected chi connectivity index (χ4v) is 3.10. The molecule has 0 bridgehead atoms. The van der Waals surface area contributed by atoms with Crippen LogP contribution in [0.5, 0.6) is 0 Å². The van der Waals surface area contributed by atoms with E-state index in [1.807, 2.05) is 48.5 Å². The predicted molar refractivity (Wildman–Crippen MR) is 80.5 cm³/mol. The van der Waals surface area contributed by atoms with E-state index < -0.39 is 0 Å². The van der Waals surface area contributed by atoms with Crippen LogP contribution in [0.15, 0.2) is 60.7 Å². The largest absolute Gasteiger partial charge is 0.343 e. The Balaban J connectivity index is 1.87. The molecule has 2 aromatic rings. The second kappa shape index (κ2) is 5.49. The summed E-state index contributed by atoms with van der Waals surface area (Å²) in [6, 6.07) is 19.8. The Hall–Kier alpha value is -2.09. The van der Waals surface area contributed by atoms with Crippen LogP contribution < -0.4 is 5.32 Å². The Bertz CT molecular complexity index is 571. The first-order chi connectivity index (χ1) is 9.80. The summed E-state index contributed by atoms with van der Waals surface area (Å²) >= 11 is 0. The minimum Gasteiger partial charge on any atom is -0.343 e. The molecule has 0 aliphatic heterocycles. The molecule has 0 spiro atoms. The van der Waals surface area contributed by atoms with Crippen LogP contribution >= 0.6 is 0 Å². The molecule has 20 heavy (non-hydrogen) atoms. The van der Waals surface area contributed by atoms with E-state index in [1.54, 1.807) is 0 Å². The smallest absolute Gasteiger partial charge is 0.251 e. The third-order valence-corrected chi connectivity index (χ3v) is 4.17. The van der Waals surface area contributed by atoms with E-state index in [2.05, 4.69) is 17.4 Å². The highest BCUT2D eigenvalue weighted by Gasteiger charge is 2.36. The van der Waals surface area contributed by atoms with Crippen LogP contribution in [0, 0.1) is 0 Å². The van der Waals surface area contributed by atoms with Gasteiger partial charge in [-0.3, -0.25) is 4.79 Å². The second-order valence-electron chi connectivity index (χ2n) is 5.48. The zero-order chi connectivity index (χ0) is 13.8. The summed E-state index contributed by atoms with van der Waals surface area (Å²) in [5.74, 6) is 0.0244. The average Bonchev–Trinajstić information content (AvgIpc) is 2.99. The lowest BCUT2D eigenvalue weighted by Gasteiger charge is -2.31. The van der Waals surface area contributed by atoms with Crippen molar-refractivity contribution in [1.82, 2.24) is 5.32 Å². The molecule has 2 nitrogen and oxygen atoms in total. The molecule has 1 saturated carbocycles. The van der Waals surface area contributed by atoms with E-state index in [9.17, 15) is 4.79 Å². The van der Waals surface area contributed by atoms with E-state index in [-0.39, 0.29) is 11.4 Å². The Morgan fingerprint density at radius 3 is 2.00 bits per heavy atom. The van der Waals surface area contributed by atoms with Crippen LogP contribution in [0.3, 0.4) is 0 Å². The van der Waals surface area contributed by atoms with Gasteiger partial charge in [0, 0.05) is 5.56 Å². The minimum absolute atomic E-state index is 0.0244. The summed E-state index contributed by atoms with van der Waals surface area (Å²) in [6.45, 7) is 0. The topological polar surface area (TPSA) is 29.1 Å². The number of hydrogen-bond acceptors (Lipinski definition) is 1. The van der Waals surface area contributed by atoms with Crippen molar-refractivity contribution in [3.8, 4) is 0 Å². The summed E-state index contributed by atoms with van der Waals surface area (Å²) < 4.78 is 0. The number of carbonyl (C=O) groups excluding carboxylic acids is 1. The molecular weight excluding hydrogens is 246 g/mol. The molecule has 102 valence electrons. The third kappa shape index (κ3) is 2.46. The molecule has 0 saturated heterocycles. The minimum atomic E-state index is -0.186. The van der Waals surface area contributed by atoms with Crippen molar-refractivity contribution >= 4 is 5.91 Å². The SMILES string of the molecule is O=C(NC1(c2ccccc2)CCCC1)c1ccccc1. The normalized spacial score (nSPS) is 16.8. The van der Waals surface area contributed by atoms with Crippen LogP contribution in [-0.2, 0) is 5.54 Å². The number of amides is 1. The Morgan fingerprint density at radius 2 is 1.40 bits per heavy atom. The summed E-state index contributed by atoms with van der Waals surface area (Å²) in [5.41, 5.74) is 1.77. The Labute approximate surface area is 119 Å². The molecule has 0 unspecified atom stereocenters. The fourth-order valence-electron chi connectivity index (χ4n) is 3.10. The van der Waals surface area contributed by atoms with Gasteiger partial charge in [0.05, 0.1) is 5.54 Å². The third-order valence-electron chi connectivity index (χ3n) is 4.17. The van der Waals surface area contributed by atoms with Crippen LogP contribution in [0.4, 0.5) is 0 Å². The maximum atomic E-state index is 12.5. The van der Waals surface area contributed by atoms with Crippen molar-refractivity contribution in [2.45, 2.75) is 31.2 Å². The first-order valence-electron chi connectivity index (χ1n) is 7.23. The monoisotopic (exact) mass is 265 g/mol. The maximum Gasteiger partial charge on any atom is 0.251 e. The first-order valence-corrected chi connectivity index (χ1v) is 7.23. The molecule has 0 atom stereocenters. The van der Waals surface area contributed by atoms with Crippen molar-refractivity contribution in [2.24, 2.45) is 0 Å². The predicted octanol–water partition coefficient (Wildman–Crippen LogP) is 3.89. The number of nitrogens with one attached hydrogen (secondary N) is 1. The van der Waals surface area contributed by atoms with Crippen LogP contribution in [0.25, 0.3) is 0 Å². The zero-order valence-electron chi connectivity index (χ0n) is 11.5. The Kier molecular flexibility index (Phi) is 3.55. The number of hydrogen-bond donors (Lipinski definition) is 1. The highest BCUT2D eigenvalue weighted by molar-refractivity contribution is 5.94. The van der Waals surface area contributed by atoms with Gasteiger partial charge in [0.25, 0.3) is 5.91 Å². The van der Waals surface area contributed by atoms with Crippen molar-refractivity contribution in [1.29, 1.82) is 0 Å². The molecule has 1 fully saturated rings. The standard InChI is InChI=1S/C18H19NO/c20-17(15-9-3-1-4-10-15)19-18(13-7-8-14-18)16-11-5-2-6-12-16/h1-6,9-12H,7-8,13-14H2,(H,19,20). The van der Waals surface area contributed by atoms with Crippen molar-refractivity contribution in [3.05, 3.63) is 71.8 Å². The van der Waals surface area contributed by atoms with Crippen molar-refractivity contribution in [3.63, 3.8) is 0 Å². The number of benzene rings is 2. The highest BCUT2D eigenvalue weighted by atomic mass is 16.1. The van der Waals surface area contributed by atoms with Gasteiger partial charge in [-0.15, -0.1) is 0 Å². The van der Waals surface area contributed by atoms with E-state index in [1.165, 1.54) is 18.4 Å². The molecule has 2 heteroatoms. The number of carbonyl (C=O) groups is 1. The van der Waals surface area contributed by atoms with E-state index in [0.717, 1.165) is 18.4 Å². The molecule has 1 aliphatic rings. The van der Waals surface area contributed by atoms with Gasteiger partial charge in [0.1, 0.15) is 0 Å². The van der Waals surface area contributed by atoms with E-state index >= 15 is 0 Å². The maximum absolute atomic E-state index is 12.5. The summed E-state index contributed by atoms with van der Waals surface area (Å²) in [4.78, 5) is 12.5. The summed E-state index contributed by atoms with van der Waals surface area (Å²) in [5, 5.41) is 3.29. The molecule has 0 heterocycles. The molecule has 3 rings (SSSR count). The van der Waals surface area contributed by atoms with Gasteiger partial charge in [0.2, 0.25) is 0 Å². The van der Waals surface area contributed by atoms with Gasteiger partial charge in [0.15, 0.2) is 0 Å². The summed E-state index contributed by atoms with van der Waals surface area (Å²) in [6.07, 6.45) is 4.39. The fraction of sp³-hybridized carbons (Fsp3) is 0.278. The van der Waals surface area contributed by atoms with Gasteiger partial charge in [-0.25, -0.2) is 0 Å². The van der Waals surface area contributed by atoms with Gasteiger partial charge >= 0.3 is 0 Å². The zero-order valence-corrected chi connectivity index (χ0v) is 11.5. The molecule has 0 aromatic heterocycles. The molecule has 2 aromatic carbocycles. The highest BCUT2D eigenvalue weighted by Crippen LogP contribution is 2.38. The lowest BCUT2D eigenvalue weighted by molar-refractivity contribution is 0.0898. The molecule has 1 N–H and O–H groups in total. The van der Waals surface area contributed by atoms with Gasteiger partial charge in [-0.05, 0) is 30.5 Å². The summed E-state index contributed by atoms with van der Waals surface area (Å²) in [7, 11) is 0. The number of rotatable bonds is 3. The second-order valence-corrected chi connectivity index (χ2v) is 5.48. The molecular formula is C18H19NO. The molecule has 1 amide bonds. The van der Waals surface area contributed by atoms with Crippen molar-refractivity contribution in [2.75, 3.05) is 0 Å². The lowest BCUT2D eigenvalue weighted by Crippen LogP contribution is -2.43. The quantitative estimate of drug-likeness (QED) is 0.896. The van der Waals surface area contributed by atoms with Gasteiger partial charge in [-0.2, -0.15) is 0 Å². The molecule has 1 aliphatic carbocycles. The van der Waals surface area contributed by atoms with E-state index in [0.29, 0.717) is 0 Å². The van der Waals surface area contributed by atoms with Gasteiger partial charge in [-0.1, -0.05) is 61.4 Å². The first kappa shape index (κ1) is 12.9. The van der Waals surface area contributed by atoms with Crippen molar-refractivity contribution < 1.29 is 4.79 Å². The van der Waals surface area contributed by atoms with Gasteiger partial charge < -0.3 is 5.32 Å². The van der Waals surface area contributed by atoms with Crippen LogP contribution in [0.1, 0.15) is 41.6 Å². The lowest BCUT2D eigenvalue weighted by atomic mass is 9.88. The van der Waals surface area contributed by atoms with Crippen LogP contribution in [0.2, 0.25) is 0 Å².